The van der Waals surface area contributed by atoms with E-state index in [0.29, 0.717) is 23.0 Å². The Balaban J connectivity index is 2.06. The molecular weight excluding hydrogens is 282 g/mol. The van der Waals surface area contributed by atoms with Crippen LogP contribution in [0.2, 0.25) is 0 Å². The maximum Gasteiger partial charge on any atom is 0.247 e. The van der Waals surface area contributed by atoms with E-state index in [4.69, 9.17) is 15.9 Å². The monoisotopic (exact) mass is 293 g/mol. The average molecular weight is 293 g/mol. The Hall–Kier alpha value is -3.47. The second-order valence-electron chi connectivity index (χ2n) is 4.51. The van der Waals surface area contributed by atoms with Crippen molar-refractivity contribution in [2.24, 2.45) is 0 Å². The van der Waals surface area contributed by atoms with Gasteiger partial charge in [-0.3, -0.25) is 0 Å². The summed E-state index contributed by atoms with van der Waals surface area (Å²) in [4.78, 5) is 7.88. The molecule has 8 nitrogen and oxygen atoms in total. The van der Waals surface area contributed by atoms with Crippen LogP contribution >= 0.6 is 0 Å². The van der Waals surface area contributed by atoms with Crippen molar-refractivity contribution in [3.05, 3.63) is 35.7 Å². The summed E-state index contributed by atoms with van der Waals surface area (Å²) in [6.45, 7) is 1.72. The minimum Gasteiger partial charge on any atom is -0.421 e. The van der Waals surface area contributed by atoms with Crippen molar-refractivity contribution in [2.45, 2.75) is 6.92 Å². The molecule has 4 N–H and O–H groups in total. The normalized spacial score (nSPS) is 10.4. The summed E-state index contributed by atoms with van der Waals surface area (Å²) in [7, 11) is 0. The number of aryl methyl sites for hydroxylation is 1. The molecule has 0 atom stereocenters. The summed E-state index contributed by atoms with van der Waals surface area (Å²) >= 11 is 0. The van der Waals surface area contributed by atoms with E-state index in [-0.39, 0.29) is 17.3 Å². The van der Waals surface area contributed by atoms with Crippen molar-refractivity contribution >= 4 is 11.8 Å². The van der Waals surface area contributed by atoms with Crippen LogP contribution in [0.3, 0.4) is 0 Å². The van der Waals surface area contributed by atoms with E-state index in [0.717, 1.165) is 5.56 Å². The number of aromatic nitrogens is 4. The van der Waals surface area contributed by atoms with E-state index >= 15 is 0 Å². The SMILES string of the molecule is Cc1nnc(-c2ccc(-c3nc(N)nc(N)c3C#N)cc2)o1. The summed E-state index contributed by atoms with van der Waals surface area (Å²) in [5.74, 6) is 0.984. The number of nitrogen functional groups attached to an aromatic ring is 2. The van der Waals surface area contributed by atoms with Gasteiger partial charge in [0.15, 0.2) is 0 Å². The molecule has 0 spiro atoms. The Bertz CT molecular complexity index is 877. The molecule has 0 fully saturated rings. The maximum absolute atomic E-state index is 9.20. The van der Waals surface area contributed by atoms with Gasteiger partial charge in [-0.25, -0.2) is 4.98 Å². The molecule has 3 rings (SSSR count). The zero-order chi connectivity index (χ0) is 15.7. The second kappa shape index (κ2) is 5.14. The molecule has 0 bridgehead atoms. The Labute approximate surface area is 125 Å². The molecule has 0 aliphatic rings. The summed E-state index contributed by atoms with van der Waals surface area (Å²) < 4.78 is 5.36. The van der Waals surface area contributed by atoms with Crippen LogP contribution in [0.25, 0.3) is 22.7 Å². The van der Waals surface area contributed by atoms with E-state index in [9.17, 15) is 5.26 Å². The molecule has 0 aliphatic carbocycles. The van der Waals surface area contributed by atoms with Crippen LogP contribution in [0.1, 0.15) is 11.5 Å². The van der Waals surface area contributed by atoms with Crippen LogP contribution < -0.4 is 11.5 Å². The predicted octanol–water partition coefficient (Wildman–Crippen LogP) is 1.54. The maximum atomic E-state index is 9.20. The molecule has 0 amide bonds. The van der Waals surface area contributed by atoms with Gasteiger partial charge in [0.05, 0.1) is 5.69 Å². The third kappa shape index (κ3) is 2.31. The van der Waals surface area contributed by atoms with Crippen molar-refractivity contribution in [3.63, 3.8) is 0 Å². The largest absolute Gasteiger partial charge is 0.421 e. The van der Waals surface area contributed by atoms with Gasteiger partial charge in [-0.15, -0.1) is 10.2 Å². The van der Waals surface area contributed by atoms with Gasteiger partial charge in [-0.1, -0.05) is 12.1 Å². The van der Waals surface area contributed by atoms with Gasteiger partial charge in [0, 0.05) is 18.1 Å². The molecule has 0 radical (unpaired) electrons. The fourth-order valence-electron chi connectivity index (χ4n) is 2.00. The Morgan fingerprint density at radius 3 is 2.32 bits per heavy atom. The molecular formula is C14H11N7O. The quantitative estimate of drug-likeness (QED) is 0.724. The van der Waals surface area contributed by atoms with Gasteiger partial charge in [-0.05, 0) is 12.1 Å². The zero-order valence-corrected chi connectivity index (χ0v) is 11.6. The first-order valence-electron chi connectivity index (χ1n) is 6.32. The summed E-state index contributed by atoms with van der Waals surface area (Å²) in [6.07, 6.45) is 0. The van der Waals surface area contributed by atoms with Crippen molar-refractivity contribution < 1.29 is 4.42 Å². The lowest BCUT2D eigenvalue weighted by atomic mass is 10.1. The van der Waals surface area contributed by atoms with Crippen molar-refractivity contribution in [3.8, 4) is 28.8 Å². The highest BCUT2D eigenvalue weighted by Crippen LogP contribution is 2.27. The molecule has 0 unspecified atom stereocenters. The number of rotatable bonds is 2. The first-order valence-corrected chi connectivity index (χ1v) is 6.32. The smallest absolute Gasteiger partial charge is 0.247 e. The fraction of sp³-hybridized carbons (Fsp3) is 0.0714. The summed E-state index contributed by atoms with van der Waals surface area (Å²) in [6, 6.07) is 9.12. The van der Waals surface area contributed by atoms with E-state index in [1.54, 1.807) is 31.2 Å². The first-order chi connectivity index (χ1) is 10.6. The number of nitriles is 1. The number of nitrogens with two attached hydrogens (primary N) is 2. The first kappa shape index (κ1) is 13.5. The lowest BCUT2D eigenvalue weighted by Crippen LogP contribution is -2.04. The second-order valence-corrected chi connectivity index (χ2v) is 4.51. The van der Waals surface area contributed by atoms with Crippen LogP contribution in [-0.2, 0) is 0 Å². The van der Waals surface area contributed by atoms with E-state index in [2.05, 4.69) is 20.2 Å². The van der Waals surface area contributed by atoms with Crippen LogP contribution in [0, 0.1) is 18.3 Å². The lowest BCUT2D eigenvalue weighted by molar-refractivity contribution is 0.533. The van der Waals surface area contributed by atoms with Gasteiger partial charge >= 0.3 is 0 Å². The third-order valence-corrected chi connectivity index (χ3v) is 3.00. The Morgan fingerprint density at radius 1 is 1.05 bits per heavy atom. The van der Waals surface area contributed by atoms with Gasteiger partial charge in [-0.2, -0.15) is 10.2 Å². The molecule has 2 aromatic heterocycles. The summed E-state index contributed by atoms with van der Waals surface area (Å²) in [5, 5.41) is 16.9. The molecule has 3 aromatic rings. The highest BCUT2D eigenvalue weighted by atomic mass is 16.4. The molecule has 0 aliphatic heterocycles. The van der Waals surface area contributed by atoms with Crippen LogP contribution in [0.5, 0.6) is 0 Å². The van der Waals surface area contributed by atoms with Crippen molar-refractivity contribution in [1.29, 1.82) is 5.26 Å². The Kier molecular flexibility index (Phi) is 3.16. The highest BCUT2D eigenvalue weighted by molar-refractivity contribution is 5.74. The molecule has 2 heterocycles. The predicted molar refractivity (Wildman–Crippen MR) is 79.0 cm³/mol. The van der Waals surface area contributed by atoms with Gasteiger partial charge in [0.25, 0.3) is 0 Å². The standard InChI is InChI=1S/C14H11N7O/c1-7-20-21-13(22-7)9-4-2-8(3-5-9)11-10(6-15)12(16)19-14(17)18-11/h2-5H,1H3,(H4,16,17,18,19). The van der Waals surface area contributed by atoms with Crippen molar-refractivity contribution in [1.82, 2.24) is 20.2 Å². The zero-order valence-electron chi connectivity index (χ0n) is 11.6. The van der Waals surface area contributed by atoms with E-state index in [1.165, 1.54) is 0 Å². The minimum atomic E-state index is 0.0168. The van der Waals surface area contributed by atoms with Crippen LogP contribution in [-0.4, -0.2) is 20.2 Å². The van der Waals surface area contributed by atoms with E-state index < -0.39 is 0 Å². The molecule has 0 saturated heterocycles. The van der Waals surface area contributed by atoms with Crippen molar-refractivity contribution in [2.75, 3.05) is 11.5 Å². The van der Waals surface area contributed by atoms with Gasteiger partial charge in [0.1, 0.15) is 17.5 Å². The van der Waals surface area contributed by atoms with Gasteiger partial charge < -0.3 is 15.9 Å². The molecule has 1 aromatic carbocycles. The topological polar surface area (TPSA) is 141 Å². The minimum absolute atomic E-state index is 0.0168. The number of hydrogen-bond acceptors (Lipinski definition) is 8. The Morgan fingerprint density at radius 2 is 1.73 bits per heavy atom. The van der Waals surface area contributed by atoms with Crippen LogP contribution in [0.15, 0.2) is 28.7 Å². The highest BCUT2D eigenvalue weighted by Gasteiger charge is 2.14. The molecule has 108 valence electrons. The van der Waals surface area contributed by atoms with Crippen LogP contribution in [0.4, 0.5) is 11.8 Å². The summed E-state index contributed by atoms with van der Waals surface area (Å²) in [5.41, 5.74) is 13.3. The third-order valence-electron chi connectivity index (χ3n) is 3.00. The van der Waals surface area contributed by atoms with E-state index in [1.807, 2.05) is 6.07 Å². The number of anilines is 2. The molecule has 8 heteroatoms. The average Bonchev–Trinajstić information content (AvgIpc) is 2.93. The number of benzene rings is 1. The molecule has 22 heavy (non-hydrogen) atoms. The number of nitrogens with zero attached hydrogens (tertiary/aromatic N) is 5. The van der Waals surface area contributed by atoms with Gasteiger partial charge in [0.2, 0.25) is 17.7 Å². The molecule has 0 saturated carbocycles. The lowest BCUT2D eigenvalue weighted by Gasteiger charge is -2.06. The fourth-order valence-corrected chi connectivity index (χ4v) is 2.00. The number of hydrogen-bond donors (Lipinski definition) is 2.